The van der Waals surface area contributed by atoms with Crippen molar-refractivity contribution in [2.75, 3.05) is 0 Å². The van der Waals surface area contributed by atoms with E-state index in [-0.39, 0.29) is 0 Å². The maximum absolute atomic E-state index is 11.3. The summed E-state index contributed by atoms with van der Waals surface area (Å²) in [7, 11) is 0. The van der Waals surface area contributed by atoms with Crippen LogP contribution in [0, 0.1) is 0 Å². The molecule has 0 atom stereocenters. The molecule has 0 aliphatic heterocycles. The number of halogens is 6. The van der Waals surface area contributed by atoms with Gasteiger partial charge in [0.25, 0.3) is 0 Å². The van der Waals surface area contributed by atoms with Gasteiger partial charge in [-0.25, -0.2) is 0 Å². The van der Waals surface area contributed by atoms with Gasteiger partial charge in [0.1, 0.15) is 0 Å². The molecular formula is C2F6O3Se2. The van der Waals surface area contributed by atoms with Crippen molar-refractivity contribution in [1.29, 1.82) is 0 Å². The standard InChI is InChI=1S/C2F6O3Se2/c3-1(4,5)12(9)11-13(10)2(6,7)8. The minimum absolute atomic E-state index is 2.87. The van der Waals surface area contributed by atoms with Gasteiger partial charge in [-0.3, -0.25) is 0 Å². The van der Waals surface area contributed by atoms with Crippen molar-refractivity contribution in [2.45, 2.75) is 10.1 Å². The van der Waals surface area contributed by atoms with Crippen LogP contribution in [0.5, 0.6) is 0 Å². The monoisotopic (exact) mass is 346 g/mol. The molecule has 0 saturated carbocycles. The number of alkyl halides is 6. The van der Waals surface area contributed by atoms with Crippen molar-refractivity contribution in [1.82, 2.24) is 0 Å². The van der Waals surface area contributed by atoms with E-state index >= 15 is 0 Å². The Morgan fingerprint density at radius 2 is 1.00 bits per heavy atom. The van der Waals surface area contributed by atoms with E-state index in [1.807, 2.05) is 0 Å². The molecule has 0 N–H and O–H groups in total. The van der Waals surface area contributed by atoms with Crippen LogP contribution in [-0.2, 0) is 10.6 Å². The van der Waals surface area contributed by atoms with Gasteiger partial charge in [0.15, 0.2) is 0 Å². The topological polar surface area (TPSA) is 43.4 Å². The van der Waals surface area contributed by atoms with E-state index in [0.29, 0.717) is 0 Å². The Kier molecular flexibility index (Phi) is 4.19. The Hall–Kier alpha value is 0.179. The Morgan fingerprint density at radius 1 is 0.769 bits per heavy atom. The fourth-order valence-corrected chi connectivity index (χ4v) is 3.60. The molecule has 0 rings (SSSR count). The second-order valence-electron chi connectivity index (χ2n) is 1.43. The molecule has 0 aromatic heterocycles. The van der Waals surface area contributed by atoms with Crippen LogP contribution in [0.25, 0.3) is 0 Å². The first-order valence-corrected chi connectivity index (χ1v) is 6.72. The van der Waals surface area contributed by atoms with Crippen LogP contribution >= 0.6 is 0 Å². The Balaban J connectivity index is 4.34. The van der Waals surface area contributed by atoms with Crippen molar-refractivity contribution in [2.24, 2.45) is 0 Å². The van der Waals surface area contributed by atoms with Gasteiger partial charge in [-0.2, -0.15) is 0 Å². The zero-order chi connectivity index (χ0) is 10.9. The average Bonchev–Trinajstić information content (AvgIpc) is 1.82. The molecule has 0 aromatic carbocycles. The van der Waals surface area contributed by atoms with Gasteiger partial charge in [0.05, 0.1) is 0 Å². The summed E-state index contributed by atoms with van der Waals surface area (Å²) in [5.74, 6) is 0. The summed E-state index contributed by atoms with van der Waals surface area (Å²) in [5.41, 5.74) is 0. The molecule has 0 spiro atoms. The normalized spacial score (nSPS) is 18.3. The maximum atomic E-state index is 11.3. The summed E-state index contributed by atoms with van der Waals surface area (Å²) in [6.45, 7) is 0. The molecule has 0 fully saturated rings. The van der Waals surface area contributed by atoms with E-state index in [9.17, 15) is 34.0 Å². The summed E-state index contributed by atoms with van der Waals surface area (Å²) in [6.07, 6.45) is 0. The van der Waals surface area contributed by atoms with Crippen LogP contribution in [0.15, 0.2) is 0 Å². The van der Waals surface area contributed by atoms with E-state index in [4.69, 9.17) is 0 Å². The number of rotatable bonds is 2. The Morgan fingerprint density at radius 3 is 1.15 bits per heavy atom. The zero-order valence-electron chi connectivity index (χ0n) is 5.31. The van der Waals surface area contributed by atoms with Gasteiger partial charge >= 0.3 is 75.4 Å². The summed E-state index contributed by atoms with van der Waals surface area (Å²) in [6, 6.07) is 0. The molecular weight excluding hydrogens is 344 g/mol. The predicted octanol–water partition coefficient (Wildman–Crippen LogP) is 1.04. The van der Waals surface area contributed by atoms with Crippen molar-refractivity contribution in [3.05, 3.63) is 0 Å². The molecule has 0 unspecified atom stereocenters. The van der Waals surface area contributed by atoms with E-state index in [1.54, 1.807) is 0 Å². The van der Waals surface area contributed by atoms with Crippen molar-refractivity contribution < 1.29 is 36.9 Å². The SMILES string of the molecule is O=[Se](O[Se](=O)C(F)(F)F)C(F)(F)F. The molecule has 11 heteroatoms. The molecule has 0 amide bonds. The summed E-state index contributed by atoms with van der Waals surface area (Å²) < 4.78 is 90.7. The molecule has 80 valence electrons. The molecule has 0 radical (unpaired) electrons. The van der Waals surface area contributed by atoms with Crippen molar-refractivity contribution >= 4 is 28.3 Å². The number of hydrogen-bond donors (Lipinski definition) is 0. The first-order valence-electron chi connectivity index (χ1n) is 2.21. The molecule has 13 heavy (non-hydrogen) atoms. The van der Waals surface area contributed by atoms with Crippen LogP contribution in [0.1, 0.15) is 0 Å². The van der Waals surface area contributed by atoms with Gasteiger partial charge in [0.2, 0.25) is 0 Å². The third kappa shape index (κ3) is 4.82. The molecule has 0 aliphatic rings. The van der Waals surface area contributed by atoms with E-state index in [1.165, 1.54) is 0 Å². The van der Waals surface area contributed by atoms with E-state index in [2.05, 4.69) is 2.90 Å². The third-order valence-corrected chi connectivity index (χ3v) is 5.30. The first-order chi connectivity index (χ1) is 5.55. The number of hydrogen-bond acceptors (Lipinski definition) is 3. The van der Waals surface area contributed by atoms with Gasteiger partial charge in [-0.15, -0.1) is 0 Å². The summed E-state index contributed by atoms with van der Waals surface area (Å²) in [4.78, 5) is 0. The summed E-state index contributed by atoms with van der Waals surface area (Å²) >= 11 is -10.3. The van der Waals surface area contributed by atoms with Gasteiger partial charge in [-0.1, -0.05) is 0 Å². The fourth-order valence-electron chi connectivity index (χ4n) is 0.133. The van der Waals surface area contributed by atoms with Crippen LogP contribution in [-0.4, -0.2) is 38.5 Å². The molecule has 3 nitrogen and oxygen atoms in total. The van der Waals surface area contributed by atoms with Crippen LogP contribution in [0.4, 0.5) is 26.3 Å². The summed E-state index contributed by atoms with van der Waals surface area (Å²) in [5, 5.41) is -10.7. The Labute approximate surface area is 75.9 Å². The Bertz CT molecular complexity index is 205. The molecule has 0 aromatic rings. The second-order valence-corrected chi connectivity index (χ2v) is 7.11. The van der Waals surface area contributed by atoms with Gasteiger partial charge < -0.3 is 0 Å². The van der Waals surface area contributed by atoms with Crippen molar-refractivity contribution in [3.8, 4) is 0 Å². The molecule has 0 bridgehead atoms. The quantitative estimate of drug-likeness (QED) is 0.556. The fraction of sp³-hybridized carbons (Fsp3) is 1.00. The van der Waals surface area contributed by atoms with Crippen LogP contribution in [0.2, 0.25) is 0 Å². The zero-order valence-corrected chi connectivity index (χ0v) is 8.74. The first kappa shape index (κ1) is 13.2. The third-order valence-electron chi connectivity index (χ3n) is 0.502. The van der Waals surface area contributed by atoms with E-state index < -0.39 is 38.5 Å². The molecule has 0 saturated heterocycles. The van der Waals surface area contributed by atoms with Gasteiger partial charge in [-0.05, 0) is 0 Å². The van der Waals surface area contributed by atoms with Crippen LogP contribution in [0.3, 0.4) is 0 Å². The molecule has 0 heterocycles. The average molecular weight is 344 g/mol. The van der Waals surface area contributed by atoms with Crippen LogP contribution < -0.4 is 0 Å². The van der Waals surface area contributed by atoms with Gasteiger partial charge in [0, 0.05) is 0 Å². The second kappa shape index (κ2) is 4.14. The minimum atomic E-state index is -5.36. The molecule has 0 aliphatic carbocycles. The van der Waals surface area contributed by atoms with Crippen molar-refractivity contribution in [3.63, 3.8) is 0 Å². The van der Waals surface area contributed by atoms with E-state index in [0.717, 1.165) is 0 Å². The predicted molar refractivity (Wildman–Crippen MR) is 26.1 cm³/mol.